The molecule has 1 atom stereocenters. The van der Waals surface area contributed by atoms with E-state index in [4.69, 9.17) is 5.11 Å². The Balaban J connectivity index is 2.64. The molecule has 0 fully saturated rings. The van der Waals surface area contributed by atoms with Crippen LogP contribution in [0.5, 0.6) is 0 Å². The fourth-order valence-electron chi connectivity index (χ4n) is 2.30. The zero-order chi connectivity index (χ0) is 14.2. The lowest BCUT2D eigenvalue weighted by molar-refractivity contribution is -0.136. The van der Waals surface area contributed by atoms with Crippen molar-refractivity contribution in [1.82, 2.24) is 14.8 Å². The third kappa shape index (κ3) is 2.32. The summed E-state index contributed by atoms with van der Waals surface area (Å²) < 4.78 is 1.92. The summed E-state index contributed by atoms with van der Waals surface area (Å²) in [5.41, 5.74) is 3.39. The van der Waals surface area contributed by atoms with Crippen LogP contribution in [0.1, 0.15) is 43.1 Å². The van der Waals surface area contributed by atoms with Gasteiger partial charge >= 0.3 is 5.97 Å². The van der Waals surface area contributed by atoms with E-state index in [1.54, 1.807) is 6.20 Å². The number of hydrogen-bond donors (Lipinski definition) is 1. The zero-order valence-corrected chi connectivity index (χ0v) is 11.8. The molecule has 5 nitrogen and oxygen atoms in total. The van der Waals surface area contributed by atoms with Crippen LogP contribution in [0.2, 0.25) is 0 Å². The molecule has 0 aliphatic carbocycles. The number of nitrogens with zero attached hydrogens (tertiary/aromatic N) is 3. The summed E-state index contributed by atoms with van der Waals surface area (Å²) in [4.78, 5) is 15.5. The number of carboxylic acid groups (broad SMARTS) is 1. The zero-order valence-electron chi connectivity index (χ0n) is 11.8. The molecule has 19 heavy (non-hydrogen) atoms. The maximum atomic E-state index is 10.9. The van der Waals surface area contributed by atoms with Crippen molar-refractivity contribution in [2.75, 3.05) is 0 Å². The van der Waals surface area contributed by atoms with E-state index in [9.17, 15) is 4.79 Å². The van der Waals surface area contributed by atoms with Crippen LogP contribution in [0.4, 0.5) is 0 Å². The van der Waals surface area contributed by atoms with E-state index in [0.717, 1.165) is 34.3 Å². The van der Waals surface area contributed by atoms with Gasteiger partial charge in [0, 0.05) is 11.1 Å². The van der Waals surface area contributed by atoms with Crippen molar-refractivity contribution in [2.24, 2.45) is 0 Å². The number of aliphatic carboxylic acids is 1. The van der Waals surface area contributed by atoms with E-state index in [0.29, 0.717) is 0 Å². The average molecular weight is 261 g/mol. The first kappa shape index (κ1) is 13.5. The average Bonchev–Trinajstić information content (AvgIpc) is 2.77. The number of carboxylic acids is 1. The summed E-state index contributed by atoms with van der Waals surface area (Å²) >= 11 is 0. The Hall–Kier alpha value is -1.91. The van der Waals surface area contributed by atoms with Gasteiger partial charge in [0.1, 0.15) is 0 Å². The van der Waals surface area contributed by atoms with Crippen molar-refractivity contribution < 1.29 is 9.90 Å². The van der Waals surface area contributed by atoms with E-state index in [1.165, 1.54) is 0 Å². The number of hydrogen-bond acceptors (Lipinski definition) is 3. The normalized spacial score (nSPS) is 12.8. The van der Waals surface area contributed by atoms with E-state index in [-0.39, 0.29) is 12.5 Å². The molecule has 2 heterocycles. The second-order valence-corrected chi connectivity index (χ2v) is 4.95. The van der Waals surface area contributed by atoms with Gasteiger partial charge in [0.05, 0.1) is 18.7 Å². The Labute approximate surface area is 112 Å². The maximum absolute atomic E-state index is 10.9. The maximum Gasteiger partial charge on any atom is 0.307 e. The minimum atomic E-state index is -0.832. The summed E-state index contributed by atoms with van der Waals surface area (Å²) in [5, 5.41) is 14.3. The molecule has 0 saturated carbocycles. The summed E-state index contributed by atoms with van der Waals surface area (Å²) in [5.74, 6) is -0.832. The summed E-state index contributed by atoms with van der Waals surface area (Å²) in [6.07, 6.45) is 2.77. The van der Waals surface area contributed by atoms with Gasteiger partial charge in [0.15, 0.2) is 5.65 Å². The largest absolute Gasteiger partial charge is 0.481 e. The topological polar surface area (TPSA) is 68.0 Å². The lowest BCUT2D eigenvalue weighted by Crippen LogP contribution is -2.09. The summed E-state index contributed by atoms with van der Waals surface area (Å²) in [7, 11) is 0. The fourth-order valence-corrected chi connectivity index (χ4v) is 2.30. The fraction of sp³-hybridized carbons (Fsp3) is 0.500. The predicted molar refractivity (Wildman–Crippen MR) is 73.3 cm³/mol. The molecule has 0 aliphatic heterocycles. The lowest BCUT2D eigenvalue weighted by Gasteiger charge is -2.12. The van der Waals surface area contributed by atoms with Gasteiger partial charge < -0.3 is 5.11 Å². The molecule has 0 amide bonds. The van der Waals surface area contributed by atoms with Crippen LogP contribution >= 0.6 is 0 Å². The molecule has 2 rings (SSSR count). The minimum Gasteiger partial charge on any atom is -0.481 e. The number of carbonyl (C=O) groups is 1. The molecule has 0 bridgehead atoms. The molecule has 102 valence electrons. The van der Waals surface area contributed by atoms with Crippen LogP contribution in [-0.4, -0.2) is 25.8 Å². The Kier molecular flexibility index (Phi) is 3.55. The molecule has 2 aromatic heterocycles. The second-order valence-electron chi connectivity index (χ2n) is 4.95. The van der Waals surface area contributed by atoms with Crippen LogP contribution in [-0.2, 0) is 11.2 Å². The van der Waals surface area contributed by atoms with Gasteiger partial charge in [0.25, 0.3) is 0 Å². The molecular weight excluding hydrogens is 242 g/mol. The SMILES string of the molecule is CCC(C)n1ncc2c(C)c(CC(=O)O)c(C)nc21. The highest BCUT2D eigenvalue weighted by Gasteiger charge is 2.17. The molecular formula is C14H19N3O2. The monoisotopic (exact) mass is 261 g/mol. The minimum absolute atomic E-state index is 0.00905. The third-order valence-electron chi connectivity index (χ3n) is 3.67. The van der Waals surface area contributed by atoms with Gasteiger partial charge in [-0.1, -0.05) is 6.92 Å². The van der Waals surface area contributed by atoms with E-state index in [1.807, 2.05) is 18.5 Å². The molecule has 0 saturated heterocycles. The first-order valence-corrected chi connectivity index (χ1v) is 6.50. The standard InChI is InChI=1S/C14H19N3O2/c1-5-8(2)17-14-12(7-15-17)9(3)11(6-13(18)19)10(4)16-14/h7-8H,5-6H2,1-4H3,(H,18,19). The van der Waals surface area contributed by atoms with Gasteiger partial charge in [0.2, 0.25) is 0 Å². The number of pyridine rings is 1. The highest BCUT2D eigenvalue weighted by atomic mass is 16.4. The van der Waals surface area contributed by atoms with Crippen molar-refractivity contribution in [3.8, 4) is 0 Å². The molecule has 1 unspecified atom stereocenters. The smallest absolute Gasteiger partial charge is 0.307 e. The van der Waals surface area contributed by atoms with Crippen molar-refractivity contribution in [3.05, 3.63) is 23.0 Å². The van der Waals surface area contributed by atoms with Gasteiger partial charge in [-0.3, -0.25) is 4.79 Å². The van der Waals surface area contributed by atoms with Crippen molar-refractivity contribution in [1.29, 1.82) is 0 Å². The number of aromatic nitrogens is 3. The quantitative estimate of drug-likeness (QED) is 0.918. The summed E-state index contributed by atoms with van der Waals surface area (Å²) in [6, 6.07) is 0.286. The van der Waals surface area contributed by atoms with E-state index in [2.05, 4.69) is 23.9 Å². The van der Waals surface area contributed by atoms with Crippen molar-refractivity contribution in [3.63, 3.8) is 0 Å². The van der Waals surface area contributed by atoms with Crippen molar-refractivity contribution in [2.45, 2.75) is 46.6 Å². The number of aryl methyl sites for hydroxylation is 2. The van der Waals surface area contributed by atoms with Gasteiger partial charge in [-0.05, 0) is 38.3 Å². The molecule has 0 aliphatic rings. The van der Waals surface area contributed by atoms with Gasteiger partial charge in [-0.2, -0.15) is 5.10 Å². The molecule has 0 radical (unpaired) electrons. The molecule has 0 spiro atoms. The van der Waals surface area contributed by atoms with Crippen LogP contribution in [0.25, 0.3) is 11.0 Å². The van der Waals surface area contributed by atoms with Crippen LogP contribution in [0.15, 0.2) is 6.20 Å². The number of fused-ring (bicyclic) bond motifs is 1. The van der Waals surface area contributed by atoms with E-state index < -0.39 is 5.97 Å². The number of rotatable bonds is 4. The Bertz CT molecular complexity index is 631. The Morgan fingerprint density at radius 3 is 2.74 bits per heavy atom. The molecule has 2 aromatic rings. The lowest BCUT2D eigenvalue weighted by atomic mass is 10.0. The van der Waals surface area contributed by atoms with E-state index >= 15 is 0 Å². The molecule has 5 heteroatoms. The van der Waals surface area contributed by atoms with Gasteiger partial charge in [-0.15, -0.1) is 0 Å². The molecule has 0 aromatic carbocycles. The highest BCUT2D eigenvalue weighted by molar-refractivity contribution is 5.82. The van der Waals surface area contributed by atoms with Crippen LogP contribution in [0, 0.1) is 13.8 Å². The highest BCUT2D eigenvalue weighted by Crippen LogP contribution is 2.25. The third-order valence-corrected chi connectivity index (χ3v) is 3.67. The predicted octanol–water partition coefficient (Wildman–Crippen LogP) is 2.65. The first-order valence-electron chi connectivity index (χ1n) is 6.50. The second kappa shape index (κ2) is 4.99. The van der Waals surface area contributed by atoms with Crippen LogP contribution < -0.4 is 0 Å². The van der Waals surface area contributed by atoms with Crippen molar-refractivity contribution >= 4 is 17.0 Å². The van der Waals surface area contributed by atoms with Crippen LogP contribution in [0.3, 0.4) is 0 Å². The Morgan fingerprint density at radius 1 is 1.47 bits per heavy atom. The van der Waals surface area contributed by atoms with Gasteiger partial charge in [-0.25, -0.2) is 9.67 Å². The summed E-state index contributed by atoms with van der Waals surface area (Å²) in [6.45, 7) is 8.01. The molecule has 1 N–H and O–H groups in total. The first-order chi connectivity index (χ1) is 8.95. The Morgan fingerprint density at radius 2 is 2.16 bits per heavy atom.